The first-order chi connectivity index (χ1) is 5.40. The van der Waals surface area contributed by atoms with Crippen molar-refractivity contribution in [2.24, 2.45) is 17.0 Å². The van der Waals surface area contributed by atoms with Crippen LogP contribution < -0.4 is 9.86 Å². The summed E-state index contributed by atoms with van der Waals surface area (Å²) in [4.78, 5) is 0. The molecule has 0 aromatic carbocycles. The van der Waals surface area contributed by atoms with Crippen molar-refractivity contribution in [1.82, 2.24) is 4.72 Å². The smallest absolute Gasteiger partial charge is 0.216 e. The molecule has 1 rings (SSSR count). The van der Waals surface area contributed by atoms with Gasteiger partial charge < -0.3 is 0 Å². The summed E-state index contributed by atoms with van der Waals surface area (Å²) in [6.45, 7) is 4.10. The SMILES string of the molecule is CC1CCC(C)C1NS(N)(=O)=O.Cl. The third-order valence-electron chi connectivity index (χ3n) is 2.60. The maximum atomic E-state index is 10.7. The van der Waals surface area contributed by atoms with Gasteiger partial charge in [-0.05, 0) is 24.7 Å². The van der Waals surface area contributed by atoms with Gasteiger partial charge in [-0.25, -0.2) is 5.14 Å². The second-order valence-electron chi connectivity index (χ2n) is 3.72. The molecule has 13 heavy (non-hydrogen) atoms. The van der Waals surface area contributed by atoms with Gasteiger partial charge >= 0.3 is 0 Å². The summed E-state index contributed by atoms with van der Waals surface area (Å²) in [5, 5.41) is 4.90. The van der Waals surface area contributed by atoms with Crippen molar-refractivity contribution in [2.75, 3.05) is 0 Å². The molecular weight excluding hydrogens is 212 g/mol. The Kier molecular flexibility index (Phi) is 4.65. The van der Waals surface area contributed by atoms with Gasteiger partial charge in [0.2, 0.25) is 0 Å². The first kappa shape index (κ1) is 13.2. The van der Waals surface area contributed by atoms with Crippen LogP contribution in [0.5, 0.6) is 0 Å². The van der Waals surface area contributed by atoms with Crippen LogP contribution in [-0.4, -0.2) is 14.5 Å². The van der Waals surface area contributed by atoms with Gasteiger partial charge in [-0.3, -0.25) is 0 Å². The zero-order valence-electron chi connectivity index (χ0n) is 7.86. The summed E-state index contributed by atoms with van der Waals surface area (Å²) in [7, 11) is -3.52. The number of hydrogen-bond donors (Lipinski definition) is 2. The highest BCUT2D eigenvalue weighted by molar-refractivity contribution is 7.87. The standard InChI is InChI=1S/C7H16N2O2S.ClH/c1-5-3-4-6(2)7(5)9-12(8,10)11;/h5-7,9H,3-4H2,1-2H3,(H2,8,10,11);1H. The van der Waals surface area contributed by atoms with E-state index >= 15 is 0 Å². The Morgan fingerprint density at radius 2 is 1.62 bits per heavy atom. The molecule has 2 atom stereocenters. The predicted molar refractivity (Wildman–Crippen MR) is 54.8 cm³/mol. The van der Waals surface area contributed by atoms with Gasteiger partial charge in [0.15, 0.2) is 0 Å². The second kappa shape index (κ2) is 4.59. The molecule has 1 saturated carbocycles. The molecule has 0 amide bonds. The van der Waals surface area contributed by atoms with Crippen LogP contribution in [0.2, 0.25) is 0 Å². The van der Waals surface area contributed by atoms with E-state index in [9.17, 15) is 8.42 Å². The summed E-state index contributed by atoms with van der Waals surface area (Å²) in [6, 6.07) is 0.0278. The van der Waals surface area contributed by atoms with Crippen LogP contribution in [0.25, 0.3) is 0 Å². The monoisotopic (exact) mass is 228 g/mol. The van der Waals surface area contributed by atoms with Crippen LogP contribution in [0.15, 0.2) is 0 Å². The molecule has 0 radical (unpaired) electrons. The van der Waals surface area contributed by atoms with Gasteiger partial charge in [-0.15, -0.1) is 12.4 Å². The predicted octanol–water partition coefficient (Wildman–Crippen LogP) is 0.636. The van der Waals surface area contributed by atoms with E-state index in [4.69, 9.17) is 5.14 Å². The third-order valence-corrected chi connectivity index (χ3v) is 3.20. The molecule has 2 unspecified atom stereocenters. The highest BCUT2D eigenvalue weighted by Gasteiger charge is 2.32. The Hall–Kier alpha value is 0.160. The number of nitrogens with one attached hydrogen (secondary N) is 1. The van der Waals surface area contributed by atoms with E-state index in [1.54, 1.807) is 0 Å². The molecule has 3 N–H and O–H groups in total. The first-order valence-electron chi connectivity index (χ1n) is 4.20. The summed E-state index contributed by atoms with van der Waals surface area (Å²) < 4.78 is 24.0. The van der Waals surface area contributed by atoms with Crippen molar-refractivity contribution in [3.8, 4) is 0 Å². The zero-order chi connectivity index (χ0) is 9.35. The minimum atomic E-state index is -3.52. The quantitative estimate of drug-likeness (QED) is 0.728. The normalized spacial score (nSPS) is 34.2. The lowest BCUT2D eigenvalue weighted by molar-refractivity contribution is 0.415. The van der Waals surface area contributed by atoms with E-state index in [0.29, 0.717) is 11.8 Å². The van der Waals surface area contributed by atoms with Crippen molar-refractivity contribution in [2.45, 2.75) is 32.7 Å². The molecule has 0 saturated heterocycles. The minimum Gasteiger partial charge on any atom is -0.216 e. The highest BCUT2D eigenvalue weighted by Crippen LogP contribution is 2.30. The molecule has 0 heterocycles. The average molecular weight is 229 g/mol. The third kappa shape index (κ3) is 3.81. The molecule has 0 aliphatic heterocycles. The van der Waals surface area contributed by atoms with E-state index in [-0.39, 0.29) is 18.4 Å². The van der Waals surface area contributed by atoms with E-state index in [0.717, 1.165) is 12.8 Å². The van der Waals surface area contributed by atoms with Crippen LogP contribution in [0.3, 0.4) is 0 Å². The van der Waals surface area contributed by atoms with Crippen LogP contribution in [0.1, 0.15) is 26.7 Å². The van der Waals surface area contributed by atoms with Gasteiger partial charge in [0, 0.05) is 6.04 Å². The first-order valence-corrected chi connectivity index (χ1v) is 5.75. The van der Waals surface area contributed by atoms with Gasteiger partial charge in [-0.2, -0.15) is 13.1 Å². The van der Waals surface area contributed by atoms with Gasteiger partial charge in [-0.1, -0.05) is 13.8 Å². The van der Waals surface area contributed by atoms with Crippen molar-refractivity contribution in [3.63, 3.8) is 0 Å². The molecule has 1 fully saturated rings. The van der Waals surface area contributed by atoms with Crippen molar-refractivity contribution in [3.05, 3.63) is 0 Å². The Balaban J connectivity index is 0.00000144. The van der Waals surface area contributed by atoms with Crippen molar-refractivity contribution < 1.29 is 8.42 Å². The molecule has 1 aliphatic rings. The van der Waals surface area contributed by atoms with E-state index in [2.05, 4.69) is 4.72 Å². The van der Waals surface area contributed by atoms with Gasteiger partial charge in [0.25, 0.3) is 10.2 Å². The fourth-order valence-electron chi connectivity index (χ4n) is 1.87. The molecule has 0 spiro atoms. The Morgan fingerprint density at radius 1 is 1.23 bits per heavy atom. The minimum absolute atomic E-state index is 0. The number of rotatable bonds is 2. The lowest BCUT2D eigenvalue weighted by Gasteiger charge is -2.19. The van der Waals surface area contributed by atoms with Crippen molar-refractivity contribution >= 4 is 22.6 Å². The second-order valence-corrected chi connectivity index (χ2v) is 5.05. The van der Waals surface area contributed by atoms with E-state index in [1.807, 2.05) is 13.8 Å². The molecule has 0 aromatic heterocycles. The molecule has 1 aliphatic carbocycles. The molecular formula is C7H17ClN2O2S. The highest BCUT2D eigenvalue weighted by atomic mass is 35.5. The summed E-state index contributed by atoms with van der Waals surface area (Å²) in [6.07, 6.45) is 2.16. The van der Waals surface area contributed by atoms with E-state index in [1.165, 1.54) is 0 Å². The lowest BCUT2D eigenvalue weighted by Crippen LogP contribution is -2.43. The van der Waals surface area contributed by atoms with Crippen LogP contribution in [-0.2, 0) is 10.2 Å². The zero-order valence-corrected chi connectivity index (χ0v) is 9.49. The number of nitrogens with two attached hydrogens (primary N) is 1. The fourth-order valence-corrected chi connectivity index (χ4v) is 2.71. The van der Waals surface area contributed by atoms with Gasteiger partial charge in [0.05, 0.1) is 0 Å². The fraction of sp³-hybridized carbons (Fsp3) is 1.00. The van der Waals surface area contributed by atoms with E-state index < -0.39 is 10.2 Å². The molecule has 6 heteroatoms. The topological polar surface area (TPSA) is 72.2 Å². The summed E-state index contributed by atoms with van der Waals surface area (Å²) in [5.41, 5.74) is 0. The Morgan fingerprint density at radius 3 is 1.92 bits per heavy atom. The molecule has 4 nitrogen and oxygen atoms in total. The maximum absolute atomic E-state index is 10.7. The van der Waals surface area contributed by atoms with Crippen LogP contribution in [0.4, 0.5) is 0 Å². The van der Waals surface area contributed by atoms with Crippen LogP contribution in [0, 0.1) is 11.8 Å². The maximum Gasteiger partial charge on any atom is 0.274 e. The summed E-state index contributed by atoms with van der Waals surface area (Å²) in [5.74, 6) is 0.802. The summed E-state index contributed by atoms with van der Waals surface area (Å²) >= 11 is 0. The lowest BCUT2D eigenvalue weighted by atomic mass is 10.0. The van der Waals surface area contributed by atoms with Gasteiger partial charge in [0.1, 0.15) is 0 Å². The number of hydrogen-bond acceptors (Lipinski definition) is 2. The largest absolute Gasteiger partial charge is 0.274 e. The average Bonchev–Trinajstić information content (AvgIpc) is 2.16. The molecule has 0 aromatic rings. The number of halogens is 1. The van der Waals surface area contributed by atoms with Crippen molar-refractivity contribution in [1.29, 1.82) is 0 Å². The molecule has 80 valence electrons. The Labute approximate surface area is 85.9 Å². The van der Waals surface area contributed by atoms with Crippen LogP contribution >= 0.6 is 12.4 Å². The Bertz CT molecular complexity index is 245. The molecule has 0 bridgehead atoms.